The van der Waals surface area contributed by atoms with E-state index in [4.69, 9.17) is 9.72 Å². The Bertz CT molecular complexity index is 718. The van der Waals surface area contributed by atoms with Crippen LogP contribution in [-0.4, -0.2) is 47.9 Å². The fourth-order valence-corrected chi connectivity index (χ4v) is 3.39. The lowest BCUT2D eigenvalue weighted by atomic mass is 10.1. The molecule has 0 spiro atoms. The highest BCUT2D eigenvalue weighted by Gasteiger charge is 2.30. The number of likely N-dealkylation sites (tertiary alicyclic amines) is 1. The molecule has 1 aliphatic rings. The van der Waals surface area contributed by atoms with E-state index < -0.39 is 0 Å². The van der Waals surface area contributed by atoms with E-state index >= 15 is 0 Å². The number of carbonyl (C=O) groups is 1. The second-order valence-corrected chi connectivity index (χ2v) is 6.95. The topological polar surface area (TPSA) is 45.7 Å². The number of benzene rings is 1. The van der Waals surface area contributed by atoms with E-state index in [9.17, 15) is 4.79 Å². The maximum absolute atomic E-state index is 12.7. The van der Waals surface area contributed by atoms with Crippen LogP contribution >= 0.6 is 0 Å². The first-order valence-corrected chi connectivity index (χ1v) is 9.21. The maximum atomic E-state index is 12.7. The summed E-state index contributed by atoms with van der Waals surface area (Å²) in [5.41, 5.74) is 2.04. The smallest absolute Gasteiger partial charge is 0.226 e. The average Bonchev–Trinajstić information content (AvgIpc) is 3.12. The molecule has 1 aromatic carbocycles. The lowest BCUT2D eigenvalue weighted by Gasteiger charge is -2.25. The zero-order valence-corrected chi connectivity index (χ0v) is 15.6. The van der Waals surface area contributed by atoms with Crippen molar-refractivity contribution in [3.05, 3.63) is 59.9 Å². The standard InChI is InChI=1S/C21H27N3O2/c1-23(2)16-17-8-6-11-19(22-17)20-12-7-14-24(20)21(25)13-15-26-18-9-4-3-5-10-18/h3-6,8-11,20H,7,12-16H2,1-2H3. The van der Waals surface area contributed by atoms with Crippen molar-refractivity contribution in [2.45, 2.75) is 31.8 Å². The van der Waals surface area contributed by atoms with E-state index in [0.717, 1.165) is 43.1 Å². The van der Waals surface area contributed by atoms with Gasteiger partial charge >= 0.3 is 0 Å². The molecule has 0 bridgehead atoms. The molecule has 3 rings (SSSR count). The minimum atomic E-state index is 0.0846. The molecule has 1 aromatic heterocycles. The Morgan fingerprint density at radius 1 is 1.19 bits per heavy atom. The minimum absolute atomic E-state index is 0.0846. The van der Waals surface area contributed by atoms with E-state index in [-0.39, 0.29) is 11.9 Å². The van der Waals surface area contributed by atoms with Crippen LogP contribution in [0.2, 0.25) is 0 Å². The number of aromatic nitrogens is 1. The number of ether oxygens (including phenoxy) is 1. The van der Waals surface area contributed by atoms with Gasteiger partial charge in [-0.15, -0.1) is 0 Å². The van der Waals surface area contributed by atoms with Crippen LogP contribution in [-0.2, 0) is 11.3 Å². The van der Waals surface area contributed by atoms with E-state index in [1.165, 1.54) is 0 Å². The first-order chi connectivity index (χ1) is 12.6. The predicted octanol–water partition coefficient (Wildman–Crippen LogP) is 3.28. The highest BCUT2D eigenvalue weighted by molar-refractivity contribution is 5.77. The Balaban J connectivity index is 1.59. The van der Waals surface area contributed by atoms with Crippen molar-refractivity contribution >= 4 is 5.91 Å². The van der Waals surface area contributed by atoms with E-state index in [1.54, 1.807) is 0 Å². The molecule has 1 atom stereocenters. The molecule has 0 saturated carbocycles. The molecule has 138 valence electrons. The number of para-hydroxylation sites is 1. The summed E-state index contributed by atoms with van der Waals surface area (Å²) in [5.74, 6) is 0.944. The second-order valence-electron chi connectivity index (χ2n) is 6.95. The van der Waals surface area contributed by atoms with Crippen LogP contribution in [0.3, 0.4) is 0 Å². The molecule has 2 heterocycles. The number of carbonyl (C=O) groups excluding carboxylic acids is 1. The molecular weight excluding hydrogens is 326 g/mol. The summed E-state index contributed by atoms with van der Waals surface area (Å²) in [7, 11) is 4.07. The predicted molar refractivity (Wildman–Crippen MR) is 102 cm³/mol. The number of amides is 1. The minimum Gasteiger partial charge on any atom is -0.493 e. The molecule has 2 aromatic rings. The van der Waals surface area contributed by atoms with Crippen LogP contribution in [0.1, 0.15) is 36.7 Å². The molecule has 1 saturated heterocycles. The summed E-state index contributed by atoms with van der Waals surface area (Å²) in [6.07, 6.45) is 2.39. The second kappa shape index (κ2) is 8.81. The van der Waals surface area contributed by atoms with Crippen LogP contribution in [0.15, 0.2) is 48.5 Å². The number of pyridine rings is 1. The quantitative estimate of drug-likeness (QED) is 0.766. The monoisotopic (exact) mass is 353 g/mol. The van der Waals surface area contributed by atoms with Crippen LogP contribution in [0, 0.1) is 0 Å². The molecular formula is C21H27N3O2. The van der Waals surface area contributed by atoms with Gasteiger partial charge in [-0.1, -0.05) is 24.3 Å². The van der Waals surface area contributed by atoms with Crippen molar-refractivity contribution in [3.63, 3.8) is 0 Å². The van der Waals surface area contributed by atoms with Gasteiger partial charge in [-0.25, -0.2) is 0 Å². The molecule has 1 unspecified atom stereocenters. The zero-order chi connectivity index (χ0) is 18.4. The Hall–Kier alpha value is -2.40. The molecule has 1 fully saturated rings. The van der Waals surface area contributed by atoms with Crippen molar-refractivity contribution in [1.82, 2.24) is 14.8 Å². The molecule has 5 heteroatoms. The molecule has 0 aliphatic carbocycles. The van der Waals surface area contributed by atoms with E-state index in [0.29, 0.717) is 13.0 Å². The van der Waals surface area contributed by atoms with Crippen LogP contribution in [0.5, 0.6) is 5.75 Å². The SMILES string of the molecule is CN(C)Cc1cccc(C2CCCN2C(=O)CCOc2ccccc2)n1. The van der Waals surface area contributed by atoms with Gasteiger partial charge < -0.3 is 14.5 Å². The van der Waals surface area contributed by atoms with Gasteiger partial charge in [0.1, 0.15) is 5.75 Å². The number of hydrogen-bond acceptors (Lipinski definition) is 4. The Morgan fingerprint density at radius 2 is 2.00 bits per heavy atom. The zero-order valence-electron chi connectivity index (χ0n) is 15.6. The lowest BCUT2D eigenvalue weighted by molar-refractivity contribution is -0.132. The number of rotatable bonds is 7. The summed E-state index contributed by atoms with van der Waals surface area (Å²) in [4.78, 5) is 21.6. The molecule has 0 radical (unpaired) electrons. The molecule has 26 heavy (non-hydrogen) atoms. The van der Waals surface area contributed by atoms with Gasteiger partial charge in [0.05, 0.1) is 30.5 Å². The Labute approximate surface area is 155 Å². The third kappa shape index (κ3) is 4.82. The first-order valence-electron chi connectivity index (χ1n) is 9.21. The fourth-order valence-electron chi connectivity index (χ4n) is 3.39. The van der Waals surface area contributed by atoms with Crippen LogP contribution in [0.4, 0.5) is 0 Å². The van der Waals surface area contributed by atoms with Gasteiger partial charge in [0, 0.05) is 13.1 Å². The van der Waals surface area contributed by atoms with Gasteiger partial charge in [-0.05, 0) is 51.2 Å². The van der Waals surface area contributed by atoms with E-state index in [1.807, 2.05) is 67.5 Å². The van der Waals surface area contributed by atoms with Crippen molar-refractivity contribution < 1.29 is 9.53 Å². The average molecular weight is 353 g/mol. The van der Waals surface area contributed by atoms with E-state index in [2.05, 4.69) is 4.90 Å². The summed E-state index contributed by atoms with van der Waals surface area (Å²) >= 11 is 0. The molecule has 1 aliphatic heterocycles. The summed E-state index contributed by atoms with van der Waals surface area (Å²) in [5, 5.41) is 0. The number of hydrogen-bond donors (Lipinski definition) is 0. The molecule has 0 N–H and O–H groups in total. The largest absolute Gasteiger partial charge is 0.493 e. The van der Waals surface area contributed by atoms with Gasteiger partial charge in [-0.2, -0.15) is 0 Å². The Morgan fingerprint density at radius 3 is 2.77 bits per heavy atom. The molecule has 5 nitrogen and oxygen atoms in total. The summed E-state index contributed by atoms with van der Waals surface area (Å²) in [6.45, 7) is 2.01. The van der Waals surface area contributed by atoms with Crippen molar-refractivity contribution in [3.8, 4) is 5.75 Å². The van der Waals surface area contributed by atoms with Gasteiger partial charge in [0.2, 0.25) is 5.91 Å². The van der Waals surface area contributed by atoms with Gasteiger partial charge in [-0.3, -0.25) is 9.78 Å². The normalized spacial score (nSPS) is 16.9. The van der Waals surface area contributed by atoms with Gasteiger partial charge in [0.25, 0.3) is 0 Å². The third-order valence-electron chi connectivity index (χ3n) is 4.55. The van der Waals surface area contributed by atoms with Crippen molar-refractivity contribution in [2.24, 2.45) is 0 Å². The summed E-state index contributed by atoms with van der Waals surface area (Å²) in [6, 6.07) is 15.8. The van der Waals surface area contributed by atoms with Crippen molar-refractivity contribution in [2.75, 3.05) is 27.2 Å². The maximum Gasteiger partial charge on any atom is 0.226 e. The highest BCUT2D eigenvalue weighted by atomic mass is 16.5. The highest BCUT2D eigenvalue weighted by Crippen LogP contribution is 2.31. The van der Waals surface area contributed by atoms with Crippen molar-refractivity contribution in [1.29, 1.82) is 0 Å². The Kier molecular flexibility index (Phi) is 6.23. The molecule has 1 amide bonds. The van der Waals surface area contributed by atoms with Crippen LogP contribution < -0.4 is 4.74 Å². The fraction of sp³-hybridized carbons (Fsp3) is 0.429. The number of nitrogens with zero attached hydrogens (tertiary/aromatic N) is 3. The third-order valence-corrected chi connectivity index (χ3v) is 4.55. The van der Waals surface area contributed by atoms with Crippen LogP contribution in [0.25, 0.3) is 0 Å². The lowest BCUT2D eigenvalue weighted by Crippen LogP contribution is -2.32. The first kappa shape index (κ1) is 18.4. The van der Waals surface area contributed by atoms with Gasteiger partial charge in [0.15, 0.2) is 0 Å². The summed E-state index contributed by atoms with van der Waals surface area (Å²) < 4.78 is 5.67.